The van der Waals surface area contributed by atoms with E-state index in [4.69, 9.17) is 4.74 Å². The van der Waals surface area contributed by atoms with Crippen molar-refractivity contribution in [2.24, 2.45) is 0 Å². The van der Waals surface area contributed by atoms with Crippen molar-refractivity contribution in [3.63, 3.8) is 0 Å². The summed E-state index contributed by atoms with van der Waals surface area (Å²) in [6.45, 7) is 0.352. The van der Waals surface area contributed by atoms with E-state index in [0.717, 1.165) is 11.3 Å². The van der Waals surface area contributed by atoms with Crippen LogP contribution in [0.15, 0.2) is 83.8 Å². The summed E-state index contributed by atoms with van der Waals surface area (Å²) in [5, 5.41) is 2.84. The molecule has 0 aliphatic rings. The smallest absolute Gasteiger partial charge is 0.264 e. The Bertz CT molecular complexity index is 1080. The molecule has 0 saturated heterocycles. The Morgan fingerprint density at radius 2 is 1.66 bits per heavy atom. The standard InChI is InChI=1S/C22H22N2O4S/c1-24(29(26,27)21-9-4-3-5-10-21)19-8-6-7-18(15-19)22(25)23-16-17-11-13-20(28-2)14-12-17/h3-15H,16H2,1-2H3,(H,23,25). The molecular weight excluding hydrogens is 388 g/mol. The maximum absolute atomic E-state index is 12.8. The molecule has 7 heteroatoms. The predicted octanol–water partition coefficient (Wildman–Crippen LogP) is 3.45. The largest absolute Gasteiger partial charge is 0.497 e. The number of anilines is 1. The van der Waals surface area contributed by atoms with Gasteiger partial charge in [0.15, 0.2) is 0 Å². The van der Waals surface area contributed by atoms with Crippen LogP contribution in [0, 0.1) is 0 Å². The lowest BCUT2D eigenvalue weighted by Gasteiger charge is -2.20. The SMILES string of the molecule is COc1ccc(CNC(=O)c2cccc(N(C)S(=O)(=O)c3ccccc3)c2)cc1. The molecule has 0 aliphatic carbocycles. The van der Waals surface area contributed by atoms with Crippen molar-refractivity contribution >= 4 is 21.6 Å². The minimum absolute atomic E-state index is 0.192. The van der Waals surface area contributed by atoms with Crippen LogP contribution >= 0.6 is 0 Å². The van der Waals surface area contributed by atoms with E-state index in [1.165, 1.54) is 23.5 Å². The van der Waals surface area contributed by atoms with Gasteiger partial charge in [0.25, 0.3) is 15.9 Å². The molecule has 29 heavy (non-hydrogen) atoms. The monoisotopic (exact) mass is 410 g/mol. The van der Waals surface area contributed by atoms with Crippen molar-refractivity contribution in [3.8, 4) is 5.75 Å². The number of nitrogens with zero attached hydrogens (tertiary/aromatic N) is 1. The average Bonchev–Trinajstić information content (AvgIpc) is 2.78. The van der Waals surface area contributed by atoms with Gasteiger partial charge in [-0.1, -0.05) is 36.4 Å². The van der Waals surface area contributed by atoms with E-state index in [-0.39, 0.29) is 10.8 Å². The van der Waals surface area contributed by atoms with E-state index < -0.39 is 10.0 Å². The van der Waals surface area contributed by atoms with Gasteiger partial charge < -0.3 is 10.1 Å². The molecule has 1 amide bonds. The average molecular weight is 410 g/mol. The fraction of sp³-hybridized carbons (Fsp3) is 0.136. The molecule has 6 nitrogen and oxygen atoms in total. The van der Waals surface area contributed by atoms with Crippen LogP contribution in [0.5, 0.6) is 5.75 Å². The Morgan fingerprint density at radius 3 is 2.31 bits per heavy atom. The Hall–Kier alpha value is -3.32. The third-order valence-electron chi connectivity index (χ3n) is 4.49. The molecule has 3 rings (SSSR count). The number of hydrogen-bond acceptors (Lipinski definition) is 4. The van der Waals surface area contributed by atoms with E-state index in [9.17, 15) is 13.2 Å². The maximum Gasteiger partial charge on any atom is 0.264 e. The van der Waals surface area contributed by atoms with Gasteiger partial charge in [0, 0.05) is 19.2 Å². The van der Waals surface area contributed by atoms with E-state index in [1.807, 2.05) is 24.3 Å². The van der Waals surface area contributed by atoms with Gasteiger partial charge in [-0.2, -0.15) is 0 Å². The van der Waals surface area contributed by atoms with Crippen LogP contribution in [-0.2, 0) is 16.6 Å². The first-order valence-electron chi connectivity index (χ1n) is 8.97. The number of hydrogen-bond donors (Lipinski definition) is 1. The Kier molecular flexibility index (Phi) is 6.19. The molecule has 0 atom stereocenters. The van der Waals surface area contributed by atoms with Crippen molar-refractivity contribution < 1.29 is 17.9 Å². The summed E-state index contributed by atoms with van der Waals surface area (Å²) >= 11 is 0. The van der Waals surface area contributed by atoms with Crippen molar-refractivity contribution in [3.05, 3.63) is 90.0 Å². The number of amides is 1. The Balaban J connectivity index is 1.73. The number of ether oxygens (including phenoxy) is 1. The molecule has 0 bridgehead atoms. The van der Waals surface area contributed by atoms with Gasteiger partial charge in [0.2, 0.25) is 0 Å². The Labute approximate surface area is 170 Å². The van der Waals surface area contributed by atoms with Crippen LogP contribution in [0.3, 0.4) is 0 Å². The molecule has 150 valence electrons. The highest BCUT2D eigenvalue weighted by atomic mass is 32.2. The molecule has 0 unspecified atom stereocenters. The number of benzene rings is 3. The summed E-state index contributed by atoms with van der Waals surface area (Å²) in [7, 11) is -0.642. The zero-order valence-corrected chi connectivity index (χ0v) is 17.0. The second kappa shape index (κ2) is 8.79. The lowest BCUT2D eigenvalue weighted by Crippen LogP contribution is -2.27. The van der Waals surface area contributed by atoms with Crippen LogP contribution in [0.4, 0.5) is 5.69 Å². The molecule has 0 heterocycles. The van der Waals surface area contributed by atoms with Gasteiger partial charge >= 0.3 is 0 Å². The highest BCUT2D eigenvalue weighted by Crippen LogP contribution is 2.23. The number of carbonyl (C=O) groups is 1. The fourth-order valence-corrected chi connectivity index (χ4v) is 3.97. The predicted molar refractivity (Wildman–Crippen MR) is 113 cm³/mol. The highest BCUT2D eigenvalue weighted by Gasteiger charge is 2.21. The molecule has 3 aromatic carbocycles. The van der Waals surface area contributed by atoms with Gasteiger partial charge in [0.05, 0.1) is 17.7 Å². The maximum atomic E-state index is 12.8. The second-order valence-corrected chi connectivity index (χ2v) is 8.34. The molecule has 0 aromatic heterocycles. The normalized spacial score (nSPS) is 11.0. The van der Waals surface area contributed by atoms with Gasteiger partial charge in [0.1, 0.15) is 5.75 Å². The van der Waals surface area contributed by atoms with E-state index in [2.05, 4.69) is 5.32 Å². The highest BCUT2D eigenvalue weighted by molar-refractivity contribution is 7.92. The molecular formula is C22H22N2O4S. The van der Waals surface area contributed by atoms with Crippen molar-refractivity contribution in [2.45, 2.75) is 11.4 Å². The minimum Gasteiger partial charge on any atom is -0.497 e. The van der Waals surface area contributed by atoms with Crippen LogP contribution in [0.2, 0.25) is 0 Å². The van der Waals surface area contributed by atoms with E-state index in [1.54, 1.807) is 49.6 Å². The molecule has 0 spiro atoms. The van der Waals surface area contributed by atoms with Gasteiger partial charge in [-0.25, -0.2) is 8.42 Å². The summed E-state index contributed by atoms with van der Waals surface area (Å²) in [6.07, 6.45) is 0. The summed E-state index contributed by atoms with van der Waals surface area (Å²) in [5.74, 6) is 0.462. The summed E-state index contributed by atoms with van der Waals surface area (Å²) in [4.78, 5) is 12.7. The summed E-state index contributed by atoms with van der Waals surface area (Å²) < 4.78 is 31.9. The van der Waals surface area contributed by atoms with Crippen molar-refractivity contribution in [1.29, 1.82) is 0 Å². The first-order chi connectivity index (χ1) is 13.9. The lowest BCUT2D eigenvalue weighted by atomic mass is 10.1. The Morgan fingerprint density at radius 1 is 0.966 bits per heavy atom. The van der Waals surface area contributed by atoms with E-state index in [0.29, 0.717) is 17.8 Å². The van der Waals surface area contributed by atoms with Crippen molar-refractivity contribution in [2.75, 3.05) is 18.5 Å². The lowest BCUT2D eigenvalue weighted by molar-refractivity contribution is 0.0951. The van der Waals surface area contributed by atoms with Crippen LogP contribution in [-0.4, -0.2) is 28.5 Å². The van der Waals surface area contributed by atoms with Gasteiger partial charge in [-0.15, -0.1) is 0 Å². The minimum atomic E-state index is -3.71. The fourth-order valence-electron chi connectivity index (χ4n) is 2.76. The number of carbonyl (C=O) groups excluding carboxylic acids is 1. The number of nitrogens with one attached hydrogen (secondary N) is 1. The topological polar surface area (TPSA) is 75.7 Å². The molecule has 0 radical (unpaired) electrons. The summed E-state index contributed by atoms with van der Waals surface area (Å²) in [6, 6.07) is 22.1. The van der Waals surface area contributed by atoms with Crippen LogP contribution < -0.4 is 14.4 Å². The van der Waals surface area contributed by atoms with Crippen molar-refractivity contribution in [1.82, 2.24) is 5.32 Å². The zero-order chi connectivity index (χ0) is 20.9. The van der Waals surface area contributed by atoms with E-state index >= 15 is 0 Å². The molecule has 0 saturated carbocycles. The quantitative estimate of drug-likeness (QED) is 0.647. The molecule has 1 N–H and O–H groups in total. The number of methoxy groups -OCH3 is 1. The summed E-state index contributed by atoms with van der Waals surface area (Å²) in [5.41, 5.74) is 1.72. The first-order valence-corrected chi connectivity index (χ1v) is 10.4. The third-order valence-corrected chi connectivity index (χ3v) is 6.29. The zero-order valence-electron chi connectivity index (χ0n) is 16.2. The number of sulfonamides is 1. The molecule has 0 fully saturated rings. The van der Waals surface area contributed by atoms with Gasteiger partial charge in [-0.3, -0.25) is 9.10 Å². The van der Waals surface area contributed by atoms with Crippen LogP contribution in [0.25, 0.3) is 0 Å². The van der Waals surface area contributed by atoms with Gasteiger partial charge in [-0.05, 0) is 48.0 Å². The second-order valence-electron chi connectivity index (χ2n) is 6.37. The first kappa shape index (κ1) is 20.4. The van der Waals surface area contributed by atoms with Crippen LogP contribution in [0.1, 0.15) is 15.9 Å². The third kappa shape index (κ3) is 4.75. The number of rotatable bonds is 7. The molecule has 0 aliphatic heterocycles. The molecule has 3 aromatic rings.